The third-order valence-corrected chi connectivity index (χ3v) is 5.45. The van der Waals surface area contributed by atoms with E-state index >= 15 is 0 Å². The van der Waals surface area contributed by atoms with Gasteiger partial charge in [-0.1, -0.05) is 29.5 Å². The Kier molecular flexibility index (Phi) is 5.27. The van der Waals surface area contributed by atoms with Crippen molar-refractivity contribution in [2.24, 2.45) is 0 Å². The lowest BCUT2D eigenvalue weighted by Crippen LogP contribution is -2.25. The molecule has 0 unspecified atom stereocenters. The van der Waals surface area contributed by atoms with Gasteiger partial charge in [-0.25, -0.2) is 4.98 Å². The highest BCUT2D eigenvalue weighted by molar-refractivity contribution is 8.00. The van der Waals surface area contributed by atoms with Crippen LogP contribution in [0, 0.1) is 13.8 Å². The van der Waals surface area contributed by atoms with E-state index in [4.69, 9.17) is 0 Å². The summed E-state index contributed by atoms with van der Waals surface area (Å²) >= 11 is 1.29. The van der Waals surface area contributed by atoms with Crippen molar-refractivity contribution in [2.45, 2.75) is 56.9 Å². The van der Waals surface area contributed by atoms with Crippen LogP contribution in [0.15, 0.2) is 28.2 Å². The summed E-state index contributed by atoms with van der Waals surface area (Å²) in [4.78, 5) is 32.1. The van der Waals surface area contributed by atoms with E-state index in [-0.39, 0.29) is 16.7 Å². The first kappa shape index (κ1) is 17.7. The minimum atomic E-state index is -0.356. The predicted molar refractivity (Wildman–Crippen MR) is 101 cm³/mol. The highest BCUT2D eigenvalue weighted by Gasteiger charge is 2.20. The maximum absolute atomic E-state index is 12.5. The van der Waals surface area contributed by atoms with Crippen molar-refractivity contribution in [3.63, 3.8) is 0 Å². The molecule has 1 aromatic carbocycles. The molecule has 0 saturated carbocycles. The predicted octanol–water partition coefficient (Wildman–Crippen LogP) is 3.38. The van der Waals surface area contributed by atoms with Crippen LogP contribution in [-0.2, 0) is 17.6 Å². The number of carbonyl (C=O) groups is 1. The Morgan fingerprint density at radius 3 is 2.80 bits per heavy atom. The van der Waals surface area contributed by atoms with Gasteiger partial charge in [-0.05, 0) is 58.1 Å². The van der Waals surface area contributed by atoms with Gasteiger partial charge in [0.25, 0.3) is 5.56 Å². The SMILES string of the molecule is Cc1ccc(NC(=O)[C@@H](C)Sc2nc3c(c(=O)[nH]2)CCCC3)c(C)c1. The zero-order valence-corrected chi connectivity index (χ0v) is 15.6. The van der Waals surface area contributed by atoms with E-state index in [2.05, 4.69) is 15.3 Å². The molecule has 5 nitrogen and oxygen atoms in total. The molecule has 132 valence electrons. The summed E-state index contributed by atoms with van der Waals surface area (Å²) in [7, 11) is 0. The number of anilines is 1. The number of hydrogen-bond acceptors (Lipinski definition) is 4. The van der Waals surface area contributed by atoms with Crippen LogP contribution < -0.4 is 10.9 Å². The molecular formula is C19H23N3O2S. The summed E-state index contributed by atoms with van der Waals surface area (Å²) in [5.74, 6) is -0.0997. The number of H-pyrrole nitrogens is 1. The first-order valence-electron chi connectivity index (χ1n) is 8.61. The van der Waals surface area contributed by atoms with Crippen LogP contribution in [-0.4, -0.2) is 21.1 Å². The number of aromatic nitrogens is 2. The Morgan fingerprint density at radius 1 is 1.28 bits per heavy atom. The van der Waals surface area contributed by atoms with Crippen molar-refractivity contribution < 1.29 is 4.79 Å². The summed E-state index contributed by atoms with van der Waals surface area (Å²) in [6.45, 7) is 5.82. The average Bonchev–Trinajstić information content (AvgIpc) is 2.57. The van der Waals surface area contributed by atoms with Gasteiger partial charge in [0.2, 0.25) is 5.91 Å². The van der Waals surface area contributed by atoms with E-state index in [1.165, 1.54) is 11.8 Å². The number of amides is 1. The number of carbonyl (C=O) groups excluding carboxylic acids is 1. The topological polar surface area (TPSA) is 74.8 Å². The van der Waals surface area contributed by atoms with Gasteiger partial charge in [0.15, 0.2) is 5.16 Å². The molecule has 25 heavy (non-hydrogen) atoms. The molecule has 1 heterocycles. The van der Waals surface area contributed by atoms with E-state index in [1.807, 2.05) is 39.0 Å². The van der Waals surface area contributed by atoms with E-state index in [0.717, 1.165) is 53.8 Å². The van der Waals surface area contributed by atoms with Crippen molar-refractivity contribution in [3.8, 4) is 0 Å². The second-order valence-electron chi connectivity index (χ2n) is 6.57. The standard InChI is InChI=1S/C19H23N3O2S/c1-11-8-9-15(12(2)10-11)20-17(23)13(3)25-19-21-16-7-5-4-6-14(16)18(24)22-19/h8-10,13H,4-7H2,1-3H3,(H,20,23)(H,21,22,24)/t13-/m1/s1. The molecule has 1 atom stereocenters. The molecule has 0 aliphatic heterocycles. The number of nitrogens with zero attached hydrogens (tertiary/aromatic N) is 1. The molecule has 0 radical (unpaired) electrons. The second kappa shape index (κ2) is 7.44. The van der Waals surface area contributed by atoms with Gasteiger partial charge in [0.1, 0.15) is 0 Å². The van der Waals surface area contributed by atoms with E-state index in [1.54, 1.807) is 0 Å². The lowest BCUT2D eigenvalue weighted by molar-refractivity contribution is -0.115. The lowest BCUT2D eigenvalue weighted by atomic mass is 9.97. The number of rotatable bonds is 4. The van der Waals surface area contributed by atoms with Crippen LogP contribution in [0.1, 0.15) is 42.1 Å². The number of hydrogen-bond donors (Lipinski definition) is 2. The zero-order valence-electron chi connectivity index (χ0n) is 14.8. The Morgan fingerprint density at radius 2 is 2.04 bits per heavy atom. The van der Waals surface area contributed by atoms with E-state index in [9.17, 15) is 9.59 Å². The van der Waals surface area contributed by atoms with E-state index in [0.29, 0.717) is 5.16 Å². The summed E-state index contributed by atoms with van der Waals surface area (Å²) in [5, 5.41) is 3.12. The van der Waals surface area contributed by atoms with Crippen molar-refractivity contribution in [1.29, 1.82) is 0 Å². The summed E-state index contributed by atoms with van der Waals surface area (Å²) < 4.78 is 0. The van der Waals surface area contributed by atoms with Crippen LogP contribution >= 0.6 is 11.8 Å². The van der Waals surface area contributed by atoms with Crippen molar-refractivity contribution in [3.05, 3.63) is 50.9 Å². The molecule has 0 spiro atoms. The number of aryl methyl sites for hydroxylation is 3. The molecule has 1 amide bonds. The van der Waals surface area contributed by atoms with Crippen LogP contribution in [0.4, 0.5) is 5.69 Å². The summed E-state index contributed by atoms with van der Waals surface area (Å²) in [6, 6.07) is 5.93. The molecular weight excluding hydrogens is 334 g/mol. The molecule has 0 saturated heterocycles. The number of nitrogens with one attached hydrogen (secondary N) is 2. The minimum Gasteiger partial charge on any atom is -0.325 e. The third kappa shape index (κ3) is 4.12. The van der Waals surface area contributed by atoms with Gasteiger partial charge < -0.3 is 10.3 Å². The Balaban J connectivity index is 1.71. The summed E-state index contributed by atoms with van der Waals surface area (Å²) in [5.41, 5.74) is 4.64. The highest BCUT2D eigenvalue weighted by atomic mass is 32.2. The number of aromatic amines is 1. The normalized spacial score (nSPS) is 14.7. The van der Waals surface area contributed by atoms with Crippen LogP contribution in [0.3, 0.4) is 0 Å². The maximum atomic E-state index is 12.5. The van der Waals surface area contributed by atoms with Gasteiger partial charge >= 0.3 is 0 Å². The number of fused-ring (bicyclic) bond motifs is 1. The first-order valence-corrected chi connectivity index (χ1v) is 9.49. The van der Waals surface area contributed by atoms with Gasteiger partial charge in [-0.3, -0.25) is 9.59 Å². The number of benzene rings is 1. The smallest absolute Gasteiger partial charge is 0.254 e. The Hall–Kier alpha value is -2.08. The lowest BCUT2D eigenvalue weighted by Gasteiger charge is -2.16. The second-order valence-corrected chi connectivity index (χ2v) is 7.90. The molecule has 6 heteroatoms. The molecule has 2 N–H and O–H groups in total. The van der Waals surface area contributed by atoms with Crippen molar-refractivity contribution in [1.82, 2.24) is 9.97 Å². The van der Waals surface area contributed by atoms with Crippen LogP contribution in [0.2, 0.25) is 0 Å². The molecule has 0 bridgehead atoms. The molecule has 1 aromatic heterocycles. The monoisotopic (exact) mass is 357 g/mol. The van der Waals surface area contributed by atoms with E-state index < -0.39 is 0 Å². The van der Waals surface area contributed by atoms with Gasteiger partial charge in [0.05, 0.1) is 10.9 Å². The van der Waals surface area contributed by atoms with Gasteiger partial charge in [-0.15, -0.1) is 0 Å². The van der Waals surface area contributed by atoms with Crippen molar-refractivity contribution >= 4 is 23.4 Å². The summed E-state index contributed by atoms with van der Waals surface area (Å²) in [6.07, 6.45) is 3.75. The fourth-order valence-corrected chi connectivity index (χ4v) is 3.86. The molecule has 2 aromatic rings. The fourth-order valence-electron chi connectivity index (χ4n) is 3.05. The van der Waals surface area contributed by atoms with Crippen LogP contribution in [0.5, 0.6) is 0 Å². The highest BCUT2D eigenvalue weighted by Crippen LogP contribution is 2.24. The third-order valence-electron chi connectivity index (χ3n) is 4.47. The van der Waals surface area contributed by atoms with Crippen molar-refractivity contribution in [2.75, 3.05) is 5.32 Å². The molecule has 1 aliphatic carbocycles. The largest absolute Gasteiger partial charge is 0.325 e. The Bertz CT molecular complexity index is 860. The first-order chi connectivity index (χ1) is 11.9. The molecule has 3 rings (SSSR count). The fraction of sp³-hybridized carbons (Fsp3) is 0.421. The average molecular weight is 357 g/mol. The van der Waals surface area contributed by atoms with Gasteiger partial charge in [0, 0.05) is 11.3 Å². The quantitative estimate of drug-likeness (QED) is 0.650. The maximum Gasteiger partial charge on any atom is 0.254 e. The Labute approximate surface area is 151 Å². The van der Waals surface area contributed by atoms with Gasteiger partial charge in [-0.2, -0.15) is 0 Å². The zero-order chi connectivity index (χ0) is 18.0. The molecule has 0 fully saturated rings. The molecule has 1 aliphatic rings. The van der Waals surface area contributed by atoms with Crippen LogP contribution in [0.25, 0.3) is 0 Å². The minimum absolute atomic E-state index is 0.0609. The number of thioether (sulfide) groups is 1.